The minimum absolute atomic E-state index is 0.185. The number of imidazole rings is 1. The molecule has 0 aliphatic rings. The van der Waals surface area contributed by atoms with Crippen LogP contribution in [0.2, 0.25) is 0 Å². The number of aromatic nitrogens is 3. The van der Waals surface area contributed by atoms with Crippen LogP contribution in [0.4, 0.5) is 5.82 Å². The molecule has 0 spiro atoms. The zero-order valence-electron chi connectivity index (χ0n) is 11.3. The number of carbonyl (C=O) groups is 1. The first kappa shape index (κ1) is 12.3. The Bertz CT molecular complexity index is 791. The largest absolute Gasteiger partial charge is 0.334 e. The molecule has 0 fully saturated rings. The van der Waals surface area contributed by atoms with Gasteiger partial charge < -0.3 is 9.88 Å². The fourth-order valence-electron chi connectivity index (χ4n) is 2.08. The number of carbonyl (C=O) groups excluding carboxylic acids is 1. The van der Waals surface area contributed by atoms with Crippen molar-refractivity contribution in [2.45, 2.75) is 6.92 Å². The van der Waals surface area contributed by atoms with Crippen LogP contribution in [0.1, 0.15) is 16.1 Å². The second kappa shape index (κ2) is 4.77. The molecule has 2 heterocycles. The van der Waals surface area contributed by atoms with Gasteiger partial charge in [-0.25, -0.2) is 9.97 Å². The Labute approximate surface area is 116 Å². The molecule has 3 aromatic rings. The molecule has 0 saturated heterocycles. The summed E-state index contributed by atoms with van der Waals surface area (Å²) < 4.78 is 1.92. The molecule has 0 aliphatic heterocycles. The van der Waals surface area contributed by atoms with Gasteiger partial charge in [-0.3, -0.25) is 4.79 Å². The summed E-state index contributed by atoms with van der Waals surface area (Å²) >= 11 is 0. The Balaban J connectivity index is 1.88. The van der Waals surface area contributed by atoms with Crippen LogP contribution in [0.15, 0.2) is 42.7 Å². The lowest BCUT2D eigenvalue weighted by Crippen LogP contribution is -2.13. The molecule has 100 valence electrons. The number of nitrogens with zero attached hydrogens (tertiary/aromatic N) is 3. The molecular weight excluding hydrogens is 252 g/mol. The van der Waals surface area contributed by atoms with E-state index in [1.165, 1.54) is 0 Å². The predicted molar refractivity (Wildman–Crippen MR) is 77.6 cm³/mol. The van der Waals surface area contributed by atoms with E-state index in [-0.39, 0.29) is 5.91 Å². The first-order valence-corrected chi connectivity index (χ1v) is 6.29. The maximum absolute atomic E-state index is 12.2. The van der Waals surface area contributed by atoms with Crippen LogP contribution in [0.25, 0.3) is 11.0 Å². The van der Waals surface area contributed by atoms with Gasteiger partial charge in [-0.05, 0) is 37.3 Å². The van der Waals surface area contributed by atoms with Gasteiger partial charge in [-0.15, -0.1) is 0 Å². The number of nitrogens with one attached hydrogen (secondary N) is 1. The summed E-state index contributed by atoms with van der Waals surface area (Å²) in [5.74, 6) is 0.367. The van der Waals surface area contributed by atoms with Crippen LogP contribution >= 0.6 is 0 Å². The van der Waals surface area contributed by atoms with Crippen LogP contribution in [0.5, 0.6) is 0 Å². The highest BCUT2D eigenvalue weighted by Gasteiger charge is 2.09. The van der Waals surface area contributed by atoms with Crippen molar-refractivity contribution in [3.63, 3.8) is 0 Å². The van der Waals surface area contributed by atoms with Gasteiger partial charge in [0.05, 0.1) is 17.4 Å². The van der Waals surface area contributed by atoms with Gasteiger partial charge in [-0.2, -0.15) is 0 Å². The van der Waals surface area contributed by atoms with Gasteiger partial charge in [-0.1, -0.05) is 6.07 Å². The van der Waals surface area contributed by atoms with Crippen molar-refractivity contribution in [2.75, 3.05) is 5.32 Å². The van der Waals surface area contributed by atoms with Gasteiger partial charge in [0.1, 0.15) is 5.82 Å². The van der Waals surface area contributed by atoms with Crippen molar-refractivity contribution < 1.29 is 4.79 Å². The highest BCUT2D eigenvalue weighted by Crippen LogP contribution is 2.15. The molecule has 0 radical (unpaired) electrons. The zero-order valence-corrected chi connectivity index (χ0v) is 11.3. The van der Waals surface area contributed by atoms with Crippen LogP contribution in [-0.2, 0) is 7.05 Å². The number of anilines is 1. The van der Waals surface area contributed by atoms with Crippen molar-refractivity contribution in [1.82, 2.24) is 14.5 Å². The van der Waals surface area contributed by atoms with Gasteiger partial charge in [0.2, 0.25) is 0 Å². The lowest BCUT2D eigenvalue weighted by atomic mass is 10.2. The fourth-order valence-corrected chi connectivity index (χ4v) is 2.08. The number of hydrogen-bond donors (Lipinski definition) is 1. The summed E-state index contributed by atoms with van der Waals surface area (Å²) in [6, 6.07) is 11.0. The van der Waals surface area contributed by atoms with Crippen molar-refractivity contribution >= 4 is 22.8 Å². The number of pyridine rings is 1. The molecule has 0 saturated carbocycles. The van der Waals surface area contributed by atoms with Crippen molar-refractivity contribution in [3.05, 3.63) is 54.0 Å². The van der Waals surface area contributed by atoms with Crippen LogP contribution in [0, 0.1) is 6.92 Å². The van der Waals surface area contributed by atoms with Crippen molar-refractivity contribution in [1.29, 1.82) is 0 Å². The van der Waals surface area contributed by atoms with Crippen molar-refractivity contribution in [3.8, 4) is 0 Å². The van der Waals surface area contributed by atoms with Gasteiger partial charge in [0, 0.05) is 18.3 Å². The van der Waals surface area contributed by atoms with E-state index in [1.54, 1.807) is 24.5 Å². The Hall–Kier alpha value is -2.69. The second-order valence-electron chi connectivity index (χ2n) is 4.68. The first-order chi connectivity index (χ1) is 9.63. The molecule has 1 N–H and O–H groups in total. The maximum Gasteiger partial charge on any atom is 0.256 e. The van der Waals surface area contributed by atoms with Gasteiger partial charge >= 0.3 is 0 Å². The average molecular weight is 266 g/mol. The molecule has 0 unspecified atom stereocenters. The number of amides is 1. The average Bonchev–Trinajstić information content (AvgIpc) is 2.80. The monoisotopic (exact) mass is 266 g/mol. The third kappa shape index (κ3) is 2.25. The molecule has 0 aliphatic carbocycles. The molecule has 0 atom stereocenters. The highest BCUT2D eigenvalue weighted by molar-refractivity contribution is 6.05. The van der Waals surface area contributed by atoms with Gasteiger partial charge in [0.15, 0.2) is 0 Å². The van der Waals surface area contributed by atoms with E-state index in [2.05, 4.69) is 15.3 Å². The number of aryl methyl sites for hydroxylation is 2. The minimum Gasteiger partial charge on any atom is -0.334 e. The molecular formula is C15H14N4O. The molecule has 0 bridgehead atoms. The van der Waals surface area contributed by atoms with E-state index in [0.29, 0.717) is 11.4 Å². The quantitative estimate of drug-likeness (QED) is 0.775. The summed E-state index contributed by atoms with van der Waals surface area (Å²) in [6.45, 7) is 1.88. The third-order valence-corrected chi connectivity index (χ3v) is 3.12. The number of benzene rings is 1. The van der Waals surface area contributed by atoms with Crippen molar-refractivity contribution in [2.24, 2.45) is 7.05 Å². The molecule has 5 heteroatoms. The normalized spacial score (nSPS) is 10.7. The summed E-state index contributed by atoms with van der Waals surface area (Å²) in [4.78, 5) is 20.7. The van der Waals surface area contributed by atoms with E-state index in [0.717, 1.165) is 16.7 Å². The van der Waals surface area contributed by atoms with E-state index < -0.39 is 0 Å². The summed E-state index contributed by atoms with van der Waals surface area (Å²) in [7, 11) is 1.92. The summed E-state index contributed by atoms with van der Waals surface area (Å²) in [6.07, 6.45) is 1.73. The van der Waals surface area contributed by atoms with Crippen LogP contribution in [-0.4, -0.2) is 20.4 Å². The predicted octanol–water partition coefficient (Wildman–Crippen LogP) is 2.53. The Kier molecular flexibility index (Phi) is 2.95. The Morgan fingerprint density at radius 1 is 1.25 bits per heavy atom. The molecule has 2 aromatic heterocycles. The number of hydrogen-bond acceptors (Lipinski definition) is 3. The molecule has 3 rings (SSSR count). The molecule has 1 amide bonds. The molecule has 1 aromatic carbocycles. The second-order valence-corrected chi connectivity index (χ2v) is 4.68. The highest BCUT2D eigenvalue weighted by atomic mass is 16.1. The van der Waals surface area contributed by atoms with E-state index in [1.807, 2.05) is 36.7 Å². The van der Waals surface area contributed by atoms with E-state index in [9.17, 15) is 4.79 Å². The lowest BCUT2D eigenvalue weighted by molar-refractivity contribution is 0.102. The summed E-state index contributed by atoms with van der Waals surface area (Å²) in [5.41, 5.74) is 3.23. The van der Waals surface area contributed by atoms with Crippen LogP contribution < -0.4 is 5.32 Å². The SMILES string of the molecule is Cc1cccc(NC(=O)c2ccc3c(c2)ncn3C)n1. The Morgan fingerprint density at radius 2 is 2.10 bits per heavy atom. The standard InChI is InChI=1S/C15H14N4O/c1-10-4-3-5-14(17-10)18-15(20)11-6-7-13-12(8-11)16-9-19(13)2/h3-9H,1-2H3,(H,17,18,20). The fraction of sp³-hybridized carbons (Fsp3) is 0.133. The van der Waals surface area contributed by atoms with E-state index >= 15 is 0 Å². The number of rotatable bonds is 2. The topological polar surface area (TPSA) is 59.8 Å². The van der Waals surface area contributed by atoms with Crippen LogP contribution in [0.3, 0.4) is 0 Å². The molecule has 20 heavy (non-hydrogen) atoms. The first-order valence-electron chi connectivity index (χ1n) is 6.29. The molecule has 5 nitrogen and oxygen atoms in total. The van der Waals surface area contributed by atoms with Gasteiger partial charge in [0.25, 0.3) is 5.91 Å². The lowest BCUT2D eigenvalue weighted by Gasteiger charge is -2.05. The summed E-state index contributed by atoms with van der Waals surface area (Å²) in [5, 5.41) is 2.79. The zero-order chi connectivity index (χ0) is 14.1. The smallest absolute Gasteiger partial charge is 0.256 e. The minimum atomic E-state index is -0.185. The maximum atomic E-state index is 12.2. The number of fused-ring (bicyclic) bond motifs is 1. The van der Waals surface area contributed by atoms with E-state index in [4.69, 9.17) is 0 Å². The third-order valence-electron chi connectivity index (χ3n) is 3.12. The Morgan fingerprint density at radius 3 is 2.90 bits per heavy atom.